The van der Waals surface area contributed by atoms with E-state index in [0.29, 0.717) is 6.04 Å². The Morgan fingerprint density at radius 1 is 1.30 bits per heavy atom. The van der Waals surface area contributed by atoms with Crippen molar-refractivity contribution in [2.75, 3.05) is 52.9 Å². The summed E-state index contributed by atoms with van der Waals surface area (Å²) in [7, 11) is 1.81. The van der Waals surface area contributed by atoms with Crippen molar-refractivity contribution in [2.24, 2.45) is 4.99 Å². The summed E-state index contributed by atoms with van der Waals surface area (Å²) in [6, 6.07) is 4.43. The van der Waals surface area contributed by atoms with Crippen LogP contribution in [0.2, 0.25) is 0 Å². The van der Waals surface area contributed by atoms with E-state index >= 15 is 0 Å². The summed E-state index contributed by atoms with van der Waals surface area (Å²) < 4.78 is 5.33. The van der Waals surface area contributed by atoms with E-state index in [1.54, 1.807) is 6.26 Å². The molecule has 2 rings (SSSR count). The maximum atomic E-state index is 5.33. The molecule has 0 radical (unpaired) electrons. The molecule has 0 saturated carbocycles. The van der Waals surface area contributed by atoms with Crippen molar-refractivity contribution in [2.45, 2.75) is 26.3 Å². The SMILES string of the molecule is CCN1CCN(C(C)CNC(=NC)NCCc2ccco2)CC1. The van der Waals surface area contributed by atoms with Gasteiger partial charge in [0.25, 0.3) is 0 Å². The van der Waals surface area contributed by atoms with Crippen LogP contribution in [0.1, 0.15) is 19.6 Å². The van der Waals surface area contributed by atoms with Gasteiger partial charge in [-0.3, -0.25) is 9.89 Å². The minimum Gasteiger partial charge on any atom is -0.469 e. The molecule has 1 aromatic rings. The van der Waals surface area contributed by atoms with E-state index in [1.165, 1.54) is 13.1 Å². The Labute approximate surface area is 139 Å². The molecule has 2 N–H and O–H groups in total. The Morgan fingerprint density at radius 2 is 2.09 bits per heavy atom. The van der Waals surface area contributed by atoms with Crippen LogP contribution in [0.5, 0.6) is 0 Å². The Hall–Kier alpha value is -1.53. The van der Waals surface area contributed by atoms with Crippen molar-refractivity contribution in [3.63, 3.8) is 0 Å². The zero-order valence-corrected chi connectivity index (χ0v) is 14.7. The van der Waals surface area contributed by atoms with E-state index in [1.807, 2.05) is 19.2 Å². The Morgan fingerprint density at radius 3 is 2.70 bits per heavy atom. The second-order valence-electron chi connectivity index (χ2n) is 6.03. The summed E-state index contributed by atoms with van der Waals surface area (Å²) in [5.41, 5.74) is 0. The summed E-state index contributed by atoms with van der Waals surface area (Å²) in [6.07, 6.45) is 2.57. The van der Waals surface area contributed by atoms with Gasteiger partial charge in [0.05, 0.1) is 6.26 Å². The number of piperazine rings is 1. The molecular weight excluding hydrogens is 290 g/mol. The maximum Gasteiger partial charge on any atom is 0.191 e. The van der Waals surface area contributed by atoms with Crippen LogP contribution in [0.15, 0.2) is 27.8 Å². The molecule has 6 heteroatoms. The smallest absolute Gasteiger partial charge is 0.191 e. The molecule has 2 heterocycles. The highest BCUT2D eigenvalue weighted by atomic mass is 16.3. The van der Waals surface area contributed by atoms with Crippen molar-refractivity contribution in [1.82, 2.24) is 20.4 Å². The molecule has 1 saturated heterocycles. The second kappa shape index (κ2) is 9.57. The van der Waals surface area contributed by atoms with Gasteiger partial charge in [-0.05, 0) is 25.6 Å². The summed E-state index contributed by atoms with van der Waals surface area (Å²) in [4.78, 5) is 9.34. The van der Waals surface area contributed by atoms with Gasteiger partial charge < -0.3 is 20.0 Å². The molecular formula is C17H31N5O. The third kappa shape index (κ3) is 5.88. The van der Waals surface area contributed by atoms with Crippen LogP contribution in [-0.4, -0.2) is 74.7 Å². The zero-order valence-electron chi connectivity index (χ0n) is 14.7. The van der Waals surface area contributed by atoms with Crippen LogP contribution in [0.4, 0.5) is 0 Å². The fourth-order valence-electron chi connectivity index (χ4n) is 2.87. The average molecular weight is 321 g/mol. The van der Waals surface area contributed by atoms with Gasteiger partial charge in [0.2, 0.25) is 0 Å². The standard InChI is InChI=1S/C17H31N5O/c1-4-21-9-11-22(12-10-21)15(2)14-20-17(18-3)19-8-7-16-6-5-13-23-16/h5-6,13,15H,4,7-12,14H2,1-3H3,(H2,18,19,20). The lowest BCUT2D eigenvalue weighted by Gasteiger charge is -2.37. The van der Waals surface area contributed by atoms with Gasteiger partial charge in [0, 0.05) is 58.8 Å². The van der Waals surface area contributed by atoms with E-state index in [2.05, 4.69) is 39.3 Å². The predicted octanol–water partition coefficient (Wildman–Crippen LogP) is 1.01. The van der Waals surface area contributed by atoms with Crippen LogP contribution in [0.25, 0.3) is 0 Å². The highest BCUT2D eigenvalue weighted by molar-refractivity contribution is 5.79. The van der Waals surface area contributed by atoms with Crippen molar-refractivity contribution in [3.8, 4) is 0 Å². The summed E-state index contributed by atoms with van der Waals surface area (Å²) >= 11 is 0. The zero-order chi connectivity index (χ0) is 16.5. The van der Waals surface area contributed by atoms with Gasteiger partial charge in [0.1, 0.15) is 5.76 Å². The first-order valence-corrected chi connectivity index (χ1v) is 8.66. The van der Waals surface area contributed by atoms with E-state index in [-0.39, 0.29) is 0 Å². The monoisotopic (exact) mass is 321 g/mol. The van der Waals surface area contributed by atoms with E-state index in [0.717, 1.165) is 50.9 Å². The van der Waals surface area contributed by atoms with Gasteiger partial charge in [-0.1, -0.05) is 6.92 Å². The molecule has 23 heavy (non-hydrogen) atoms. The highest BCUT2D eigenvalue weighted by Crippen LogP contribution is 2.05. The molecule has 0 aliphatic carbocycles. The molecule has 1 unspecified atom stereocenters. The number of nitrogens with one attached hydrogen (secondary N) is 2. The summed E-state index contributed by atoms with van der Waals surface area (Å²) in [6.45, 7) is 12.1. The topological polar surface area (TPSA) is 56.0 Å². The molecule has 1 aliphatic heterocycles. The number of nitrogens with zero attached hydrogens (tertiary/aromatic N) is 3. The Balaban J connectivity index is 1.64. The minimum absolute atomic E-state index is 0.512. The van der Waals surface area contributed by atoms with E-state index in [4.69, 9.17) is 4.42 Å². The van der Waals surface area contributed by atoms with Crippen molar-refractivity contribution in [1.29, 1.82) is 0 Å². The van der Waals surface area contributed by atoms with E-state index < -0.39 is 0 Å². The molecule has 0 amide bonds. The number of aliphatic imine (C=N–C) groups is 1. The molecule has 1 atom stereocenters. The molecule has 1 aliphatic rings. The third-order valence-corrected chi connectivity index (χ3v) is 4.51. The lowest BCUT2D eigenvalue weighted by molar-refractivity contribution is 0.107. The van der Waals surface area contributed by atoms with Gasteiger partial charge in [-0.25, -0.2) is 0 Å². The largest absolute Gasteiger partial charge is 0.469 e. The number of hydrogen-bond acceptors (Lipinski definition) is 4. The molecule has 1 aromatic heterocycles. The fraction of sp³-hybridized carbons (Fsp3) is 0.706. The molecule has 130 valence electrons. The van der Waals surface area contributed by atoms with Crippen LogP contribution in [0, 0.1) is 0 Å². The van der Waals surface area contributed by atoms with Crippen LogP contribution in [0.3, 0.4) is 0 Å². The van der Waals surface area contributed by atoms with Crippen LogP contribution in [-0.2, 0) is 6.42 Å². The quantitative estimate of drug-likeness (QED) is 0.580. The number of rotatable bonds is 7. The number of guanidine groups is 1. The Bertz CT molecular complexity index is 452. The lowest BCUT2D eigenvalue weighted by Crippen LogP contribution is -2.53. The van der Waals surface area contributed by atoms with Gasteiger partial charge in [0.15, 0.2) is 5.96 Å². The van der Waals surface area contributed by atoms with E-state index in [9.17, 15) is 0 Å². The first-order chi connectivity index (χ1) is 11.2. The highest BCUT2D eigenvalue weighted by Gasteiger charge is 2.20. The molecule has 6 nitrogen and oxygen atoms in total. The maximum absolute atomic E-state index is 5.33. The number of likely N-dealkylation sites (N-methyl/N-ethyl adjacent to an activating group) is 1. The van der Waals surface area contributed by atoms with Crippen LogP contribution < -0.4 is 10.6 Å². The van der Waals surface area contributed by atoms with Crippen molar-refractivity contribution in [3.05, 3.63) is 24.2 Å². The van der Waals surface area contributed by atoms with Crippen LogP contribution >= 0.6 is 0 Å². The Kier molecular flexibility index (Phi) is 7.42. The number of furan rings is 1. The van der Waals surface area contributed by atoms with Gasteiger partial charge in [-0.2, -0.15) is 0 Å². The third-order valence-electron chi connectivity index (χ3n) is 4.51. The van der Waals surface area contributed by atoms with Gasteiger partial charge >= 0.3 is 0 Å². The summed E-state index contributed by atoms with van der Waals surface area (Å²) in [5, 5.41) is 6.76. The van der Waals surface area contributed by atoms with Gasteiger partial charge in [-0.15, -0.1) is 0 Å². The molecule has 1 fully saturated rings. The van der Waals surface area contributed by atoms with Crippen molar-refractivity contribution < 1.29 is 4.42 Å². The average Bonchev–Trinajstić information content (AvgIpc) is 3.11. The fourth-order valence-corrected chi connectivity index (χ4v) is 2.87. The molecule has 0 aromatic carbocycles. The lowest BCUT2D eigenvalue weighted by atomic mass is 10.2. The second-order valence-corrected chi connectivity index (χ2v) is 6.03. The minimum atomic E-state index is 0.512. The number of hydrogen-bond donors (Lipinski definition) is 2. The molecule has 0 bridgehead atoms. The first kappa shape index (κ1) is 17.8. The predicted molar refractivity (Wildman–Crippen MR) is 94.9 cm³/mol. The molecule has 0 spiro atoms. The first-order valence-electron chi connectivity index (χ1n) is 8.66. The summed E-state index contributed by atoms with van der Waals surface area (Å²) in [5.74, 6) is 1.85. The van der Waals surface area contributed by atoms with Crippen molar-refractivity contribution >= 4 is 5.96 Å². The normalized spacial score (nSPS) is 18.8.